The van der Waals surface area contributed by atoms with Crippen LogP contribution in [0.1, 0.15) is 5.56 Å². The largest absolute Gasteiger partial charge is 0.497 e. The lowest BCUT2D eigenvalue weighted by Crippen LogP contribution is -2.17. The van der Waals surface area contributed by atoms with Crippen LogP contribution in [0.15, 0.2) is 77.8 Å². The van der Waals surface area contributed by atoms with Gasteiger partial charge in [0.1, 0.15) is 11.5 Å². The predicted molar refractivity (Wildman–Crippen MR) is 130 cm³/mol. The molecule has 0 unspecified atom stereocenters. The van der Waals surface area contributed by atoms with Crippen LogP contribution in [0.3, 0.4) is 0 Å². The van der Waals surface area contributed by atoms with Crippen LogP contribution < -0.4 is 19.9 Å². The molecule has 0 aliphatic rings. The molecule has 1 amide bonds. The van der Waals surface area contributed by atoms with Gasteiger partial charge in [0.25, 0.3) is 0 Å². The van der Waals surface area contributed by atoms with Gasteiger partial charge in [0, 0.05) is 27.7 Å². The Hall–Kier alpha value is -3.66. The normalized spacial score (nSPS) is 11.3. The summed E-state index contributed by atoms with van der Waals surface area (Å²) in [5.74, 6) is 0.883. The van der Waals surface area contributed by atoms with Crippen molar-refractivity contribution in [3.05, 3.63) is 83.5 Å². The smallest absolute Gasteiger partial charge is 0.238 e. The standard InChI is InChI=1S/C24H20ClN3O5S/c1-32-17-6-8-18(9-7-17)33-24-20-13-16(14-22(34(26,30)31)19(20)10-11-27-24)28-23(29)12-15-4-2-3-5-21(15)25/h2-11,13-14H,12H2,1H3,(H,28,29)(H2,26,30,31). The molecule has 174 valence electrons. The average Bonchev–Trinajstić information content (AvgIpc) is 2.80. The zero-order valence-electron chi connectivity index (χ0n) is 18.0. The third kappa shape index (κ3) is 5.28. The van der Waals surface area contributed by atoms with Crippen LogP contribution in [0, 0.1) is 0 Å². The number of benzene rings is 3. The highest BCUT2D eigenvalue weighted by Crippen LogP contribution is 2.34. The fraction of sp³-hybridized carbons (Fsp3) is 0.0833. The monoisotopic (exact) mass is 497 g/mol. The van der Waals surface area contributed by atoms with E-state index in [1.54, 1.807) is 61.7 Å². The number of pyridine rings is 1. The van der Waals surface area contributed by atoms with E-state index in [-0.39, 0.29) is 28.8 Å². The number of rotatable bonds is 7. The molecule has 0 bridgehead atoms. The number of aromatic nitrogens is 1. The van der Waals surface area contributed by atoms with E-state index in [1.807, 2.05) is 0 Å². The highest BCUT2D eigenvalue weighted by atomic mass is 35.5. The van der Waals surface area contributed by atoms with Gasteiger partial charge in [0.15, 0.2) is 0 Å². The summed E-state index contributed by atoms with van der Waals surface area (Å²) in [5, 5.41) is 9.31. The molecule has 1 heterocycles. The average molecular weight is 498 g/mol. The van der Waals surface area contributed by atoms with E-state index in [1.165, 1.54) is 18.3 Å². The Morgan fingerprint density at radius 3 is 2.41 bits per heavy atom. The first kappa shape index (κ1) is 23.5. The molecule has 10 heteroatoms. The Kier molecular flexibility index (Phi) is 6.69. The lowest BCUT2D eigenvalue weighted by atomic mass is 10.1. The first-order valence-electron chi connectivity index (χ1n) is 10.1. The van der Waals surface area contributed by atoms with E-state index < -0.39 is 10.0 Å². The van der Waals surface area contributed by atoms with Crippen molar-refractivity contribution in [3.8, 4) is 17.4 Å². The SMILES string of the molecule is COc1ccc(Oc2nccc3c(S(N)(=O)=O)cc(NC(=O)Cc4ccccc4Cl)cc23)cc1. The number of primary sulfonamides is 1. The van der Waals surface area contributed by atoms with Gasteiger partial charge in [0.05, 0.1) is 18.4 Å². The summed E-state index contributed by atoms with van der Waals surface area (Å²) in [6, 6.07) is 18.2. The molecule has 1 aromatic heterocycles. The van der Waals surface area contributed by atoms with Crippen LogP contribution in [0.4, 0.5) is 5.69 Å². The number of sulfonamides is 1. The lowest BCUT2D eigenvalue weighted by molar-refractivity contribution is -0.115. The number of nitrogens with one attached hydrogen (secondary N) is 1. The van der Waals surface area contributed by atoms with Gasteiger partial charge in [-0.3, -0.25) is 4.79 Å². The Morgan fingerprint density at radius 2 is 1.74 bits per heavy atom. The molecule has 3 N–H and O–H groups in total. The molecular weight excluding hydrogens is 478 g/mol. The molecule has 8 nitrogen and oxygen atoms in total. The molecule has 0 spiro atoms. The number of nitrogens with two attached hydrogens (primary N) is 1. The molecule has 0 radical (unpaired) electrons. The summed E-state index contributed by atoms with van der Waals surface area (Å²) in [6.07, 6.45) is 1.43. The maximum absolute atomic E-state index is 12.7. The summed E-state index contributed by atoms with van der Waals surface area (Å²) in [4.78, 5) is 16.7. The van der Waals surface area contributed by atoms with Crippen molar-refractivity contribution in [2.45, 2.75) is 11.3 Å². The molecular formula is C24H20ClN3O5S. The van der Waals surface area contributed by atoms with E-state index in [2.05, 4.69) is 10.3 Å². The third-order valence-electron chi connectivity index (χ3n) is 4.98. The minimum absolute atomic E-state index is 0.00463. The second-order valence-electron chi connectivity index (χ2n) is 7.32. The van der Waals surface area contributed by atoms with Crippen LogP contribution in [-0.4, -0.2) is 26.4 Å². The highest BCUT2D eigenvalue weighted by Gasteiger charge is 2.19. The number of halogens is 1. The molecule has 4 aromatic rings. The predicted octanol–water partition coefficient (Wildman–Crippen LogP) is 4.52. The second-order valence-corrected chi connectivity index (χ2v) is 9.26. The minimum Gasteiger partial charge on any atom is -0.497 e. The Bertz CT molecular complexity index is 1470. The number of ether oxygens (including phenoxy) is 2. The molecule has 3 aromatic carbocycles. The first-order chi connectivity index (χ1) is 16.2. The summed E-state index contributed by atoms with van der Waals surface area (Å²) in [7, 11) is -2.57. The quantitative estimate of drug-likeness (QED) is 0.387. The highest BCUT2D eigenvalue weighted by molar-refractivity contribution is 7.89. The van der Waals surface area contributed by atoms with Gasteiger partial charge in [-0.25, -0.2) is 18.5 Å². The van der Waals surface area contributed by atoms with Crippen molar-refractivity contribution in [1.29, 1.82) is 0 Å². The van der Waals surface area contributed by atoms with Crippen LogP contribution in [0.2, 0.25) is 5.02 Å². The number of carbonyl (C=O) groups excluding carboxylic acids is 1. The fourth-order valence-electron chi connectivity index (χ4n) is 3.39. The van der Waals surface area contributed by atoms with Gasteiger partial charge >= 0.3 is 0 Å². The zero-order valence-corrected chi connectivity index (χ0v) is 19.6. The summed E-state index contributed by atoms with van der Waals surface area (Å²) < 4.78 is 35.7. The number of methoxy groups -OCH3 is 1. The summed E-state index contributed by atoms with van der Waals surface area (Å²) >= 11 is 6.14. The van der Waals surface area contributed by atoms with Gasteiger partial charge in [0.2, 0.25) is 21.8 Å². The Balaban J connectivity index is 1.73. The van der Waals surface area contributed by atoms with Crippen molar-refractivity contribution in [3.63, 3.8) is 0 Å². The van der Waals surface area contributed by atoms with Crippen LogP contribution in [-0.2, 0) is 21.2 Å². The molecule has 0 atom stereocenters. The van der Waals surface area contributed by atoms with Crippen LogP contribution in [0.25, 0.3) is 10.8 Å². The van der Waals surface area contributed by atoms with Gasteiger partial charge < -0.3 is 14.8 Å². The molecule has 34 heavy (non-hydrogen) atoms. The van der Waals surface area contributed by atoms with Gasteiger partial charge in [-0.05, 0) is 54.1 Å². The first-order valence-corrected chi connectivity index (χ1v) is 12.0. The Labute approximate surface area is 201 Å². The number of nitrogens with zero attached hydrogens (tertiary/aromatic N) is 1. The second kappa shape index (κ2) is 9.68. The van der Waals surface area contributed by atoms with Gasteiger partial charge in [-0.1, -0.05) is 29.8 Å². The molecule has 0 saturated heterocycles. The number of fused-ring (bicyclic) bond motifs is 1. The number of carbonyl (C=O) groups is 1. The number of anilines is 1. The van der Waals surface area contributed by atoms with Gasteiger partial charge in [-0.2, -0.15) is 0 Å². The minimum atomic E-state index is -4.12. The zero-order chi connectivity index (χ0) is 24.3. The Morgan fingerprint density at radius 1 is 1.03 bits per heavy atom. The maximum atomic E-state index is 12.7. The van der Waals surface area contributed by atoms with Gasteiger partial charge in [-0.15, -0.1) is 0 Å². The van der Waals surface area contributed by atoms with Crippen molar-refractivity contribution >= 4 is 44.0 Å². The van der Waals surface area contributed by atoms with E-state index >= 15 is 0 Å². The van der Waals surface area contributed by atoms with E-state index in [9.17, 15) is 13.2 Å². The number of amides is 1. The topological polar surface area (TPSA) is 121 Å². The number of hydrogen-bond acceptors (Lipinski definition) is 6. The van der Waals surface area contributed by atoms with Crippen molar-refractivity contribution in [1.82, 2.24) is 4.98 Å². The number of hydrogen-bond donors (Lipinski definition) is 2. The van der Waals surface area contributed by atoms with E-state index in [0.717, 1.165) is 0 Å². The van der Waals surface area contributed by atoms with Crippen LogP contribution in [0.5, 0.6) is 17.4 Å². The maximum Gasteiger partial charge on any atom is 0.238 e. The van der Waals surface area contributed by atoms with E-state index in [0.29, 0.717) is 32.9 Å². The fourth-order valence-corrected chi connectivity index (χ4v) is 4.37. The van der Waals surface area contributed by atoms with Crippen LogP contribution >= 0.6 is 11.6 Å². The molecule has 0 aliphatic heterocycles. The molecule has 0 saturated carbocycles. The van der Waals surface area contributed by atoms with Crippen molar-refractivity contribution in [2.75, 3.05) is 12.4 Å². The molecule has 4 rings (SSSR count). The summed E-state index contributed by atoms with van der Waals surface area (Å²) in [5.41, 5.74) is 0.862. The summed E-state index contributed by atoms with van der Waals surface area (Å²) in [6.45, 7) is 0. The molecule has 0 aliphatic carbocycles. The van der Waals surface area contributed by atoms with E-state index in [4.69, 9.17) is 26.2 Å². The van der Waals surface area contributed by atoms with Crippen molar-refractivity contribution in [2.24, 2.45) is 5.14 Å². The molecule has 0 fully saturated rings. The third-order valence-corrected chi connectivity index (χ3v) is 6.30. The lowest BCUT2D eigenvalue weighted by Gasteiger charge is -2.13. The van der Waals surface area contributed by atoms with Crippen molar-refractivity contribution < 1.29 is 22.7 Å².